The molecule has 2 N–H and O–H groups in total. The molecule has 0 spiro atoms. The molecular formula is C14H16F2N2S. The number of halogens is 2. The van der Waals surface area contributed by atoms with Crippen LogP contribution in [0.4, 0.5) is 14.5 Å². The van der Waals surface area contributed by atoms with Gasteiger partial charge in [0.15, 0.2) is 5.11 Å². The molecule has 2 aliphatic rings. The number of hydrogen-bond donors (Lipinski definition) is 2. The summed E-state index contributed by atoms with van der Waals surface area (Å²) < 4.78 is 26.3. The molecule has 0 aliphatic heterocycles. The van der Waals surface area contributed by atoms with Crippen LogP contribution in [0.15, 0.2) is 18.2 Å². The van der Waals surface area contributed by atoms with E-state index < -0.39 is 11.6 Å². The first kappa shape index (κ1) is 12.8. The Morgan fingerprint density at radius 1 is 1.21 bits per heavy atom. The Kier molecular flexibility index (Phi) is 3.39. The van der Waals surface area contributed by atoms with Gasteiger partial charge in [-0.3, -0.25) is 0 Å². The van der Waals surface area contributed by atoms with E-state index in [0.717, 1.165) is 18.4 Å². The van der Waals surface area contributed by atoms with Crippen molar-refractivity contribution in [1.82, 2.24) is 5.32 Å². The second-order valence-corrected chi connectivity index (χ2v) is 5.91. The third-order valence-electron chi connectivity index (χ3n) is 4.23. The summed E-state index contributed by atoms with van der Waals surface area (Å²) in [6, 6.07) is 3.83. The number of thiocarbonyl (C=S) groups is 1. The molecular weight excluding hydrogens is 266 g/mol. The zero-order valence-corrected chi connectivity index (χ0v) is 11.3. The average molecular weight is 282 g/mol. The van der Waals surface area contributed by atoms with Crippen LogP contribution in [0.1, 0.15) is 25.7 Å². The molecule has 1 aromatic carbocycles. The maximum Gasteiger partial charge on any atom is 0.171 e. The van der Waals surface area contributed by atoms with Crippen molar-refractivity contribution in [1.29, 1.82) is 0 Å². The van der Waals surface area contributed by atoms with Crippen LogP contribution in [0, 0.1) is 23.5 Å². The third kappa shape index (κ3) is 2.71. The highest BCUT2D eigenvalue weighted by Crippen LogP contribution is 2.44. The molecule has 19 heavy (non-hydrogen) atoms. The second-order valence-electron chi connectivity index (χ2n) is 5.50. The Morgan fingerprint density at radius 2 is 2.05 bits per heavy atom. The molecule has 2 nitrogen and oxygen atoms in total. The van der Waals surface area contributed by atoms with E-state index in [1.165, 1.54) is 31.4 Å². The van der Waals surface area contributed by atoms with Crippen molar-refractivity contribution < 1.29 is 8.78 Å². The maximum atomic E-state index is 13.5. The Balaban J connectivity index is 1.59. The van der Waals surface area contributed by atoms with Gasteiger partial charge >= 0.3 is 0 Å². The van der Waals surface area contributed by atoms with Crippen LogP contribution >= 0.6 is 12.2 Å². The van der Waals surface area contributed by atoms with Gasteiger partial charge in [-0.2, -0.15) is 0 Å². The Hall–Kier alpha value is -1.23. The van der Waals surface area contributed by atoms with Crippen LogP contribution < -0.4 is 10.6 Å². The number of rotatable bonds is 2. The standard InChI is InChI=1S/C14H16F2N2S/c15-10-3-4-12(11(16)7-10)17-14(19)18-13-6-8-1-2-9(13)5-8/h3-4,7-9,13H,1-2,5-6H2,(H2,17,18,19)/t8-,9-,13-/m0/s1. The van der Waals surface area contributed by atoms with Gasteiger partial charge in [-0.1, -0.05) is 6.42 Å². The van der Waals surface area contributed by atoms with E-state index >= 15 is 0 Å². The Morgan fingerprint density at radius 3 is 2.68 bits per heavy atom. The van der Waals surface area contributed by atoms with Gasteiger partial charge in [-0.05, 0) is 55.4 Å². The van der Waals surface area contributed by atoms with Crippen molar-refractivity contribution in [3.63, 3.8) is 0 Å². The van der Waals surface area contributed by atoms with Gasteiger partial charge < -0.3 is 10.6 Å². The van der Waals surface area contributed by atoms with Crippen molar-refractivity contribution in [3.8, 4) is 0 Å². The van der Waals surface area contributed by atoms with E-state index in [2.05, 4.69) is 10.6 Å². The highest BCUT2D eigenvalue weighted by molar-refractivity contribution is 7.80. The molecule has 102 valence electrons. The van der Waals surface area contributed by atoms with Gasteiger partial charge in [-0.25, -0.2) is 8.78 Å². The molecule has 0 unspecified atom stereocenters. The van der Waals surface area contributed by atoms with E-state index in [0.29, 0.717) is 17.1 Å². The molecule has 0 amide bonds. The van der Waals surface area contributed by atoms with Crippen LogP contribution in [0.25, 0.3) is 0 Å². The zero-order valence-electron chi connectivity index (χ0n) is 10.5. The van der Waals surface area contributed by atoms with E-state index in [1.54, 1.807) is 0 Å². The molecule has 2 aliphatic carbocycles. The molecule has 0 heterocycles. The summed E-state index contributed by atoms with van der Waals surface area (Å²) in [6.45, 7) is 0. The fraction of sp³-hybridized carbons (Fsp3) is 0.500. The average Bonchev–Trinajstić information content (AvgIpc) is 2.95. The molecule has 0 saturated heterocycles. The van der Waals surface area contributed by atoms with Gasteiger partial charge in [0.25, 0.3) is 0 Å². The lowest BCUT2D eigenvalue weighted by Gasteiger charge is -2.24. The minimum absolute atomic E-state index is 0.210. The van der Waals surface area contributed by atoms with Crippen molar-refractivity contribution in [2.75, 3.05) is 5.32 Å². The predicted molar refractivity (Wildman–Crippen MR) is 75.0 cm³/mol. The van der Waals surface area contributed by atoms with Crippen molar-refractivity contribution in [2.24, 2.45) is 11.8 Å². The van der Waals surface area contributed by atoms with Crippen LogP contribution in [0.3, 0.4) is 0 Å². The lowest BCUT2D eigenvalue weighted by Crippen LogP contribution is -2.40. The number of anilines is 1. The monoisotopic (exact) mass is 282 g/mol. The number of fused-ring (bicyclic) bond motifs is 2. The summed E-state index contributed by atoms with van der Waals surface area (Å²) in [5.41, 5.74) is 0.210. The fourth-order valence-corrected chi connectivity index (χ4v) is 3.60. The highest BCUT2D eigenvalue weighted by Gasteiger charge is 2.39. The summed E-state index contributed by atoms with van der Waals surface area (Å²) in [5.74, 6) is 0.308. The summed E-state index contributed by atoms with van der Waals surface area (Å²) >= 11 is 5.20. The first-order valence-corrected chi connectivity index (χ1v) is 7.05. The maximum absolute atomic E-state index is 13.5. The number of hydrogen-bond acceptors (Lipinski definition) is 1. The van der Waals surface area contributed by atoms with Crippen LogP contribution in [-0.4, -0.2) is 11.2 Å². The molecule has 3 rings (SSSR count). The summed E-state index contributed by atoms with van der Waals surface area (Å²) in [7, 11) is 0. The summed E-state index contributed by atoms with van der Waals surface area (Å²) in [6.07, 6.45) is 5.02. The summed E-state index contributed by atoms with van der Waals surface area (Å²) in [4.78, 5) is 0. The van der Waals surface area contributed by atoms with E-state index in [9.17, 15) is 8.78 Å². The molecule has 0 aromatic heterocycles. The Bertz CT molecular complexity index is 506. The van der Waals surface area contributed by atoms with Gasteiger partial charge in [0, 0.05) is 12.1 Å². The smallest absolute Gasteiger partial charge is 0.171 e. The van der Waals surface area contributed by atoms with Gasteiger partial charge in [0.1, 0.15) is 11.6 Å². The first-order chi connectivity index (χ1) is 9.11. The summed E-state index contributed by atoms with van der Waals surface area (Å²) in [5, 5.41) is 6.48. The van der Waals surface area contributed by atoms with Crippen molar-refractivity contribution in [3.05, 3.63) is 29.8 Å². The SMILES string of the molecule is Fc1ccc(NC(=S)N[C@H]2C[C@H]3CC[C@H]2C3)c(F)c1. The normalized spacial score (nSPS) is 28.4. The van der Waals surface area contributed by atoms with Crippen molar-refractivity contribution >= 4 is 23.0 Å². The lowest BCUT2D eigenvalue weighted by atomic mass is 9.96. The minimum Gasteiger partial charge on any atom is -0.359 e. The fourth-order valence-electron chi connectivity index (χ4n) is 3.34. The van der Waals surface area contributed by atoms with E-state index in [1.807, 2.05) is 0 Å². The molecule has 5 heteroatoms. The quantitative estimate of drug-likeness (QED) is 0.813. The lowest BCUT2D eigenvalue weighted by molar-refractivity contribution is 0.391. The molecule has 3 atom stereocenters. The van der Waals surface area contributed by atoms with E-state index in [-0.39, 0.29) is 5.69 Å². The highest BCUT2D eigenvalue weighted by atomic mass is 32.1. The van der Waals surface area contributed by atoms with E-state index in [4.69, 9.17) is 12.2 Å². The van der Waals surface area contributed by atoms with Gasteiger partial charge in [0.05, 0.1) is 5.69 Å². The molecule has 0 radical (unpaired) electrons. The van der Waals surface area contributed by atoms with Gasteiger partial charge in [-0.15, -0.1) is 0 Å². The molecule has 2 saturated carbocycles. The number of benzene rings is 1. The topological polar surface area (TPSA) is 24.1 Å². The van der Waals surface area contributed by atoms with Crippen molar-refractivity contribution in [2.45, 2.75) is 31.7 Å². The van der Waals surface area contributed by atoms with Crippen LogP contribution in [0.5, 0.6) is 0 Å². The predicted octanol–water partition coefficient (Wildman–Crippen LogP) is 3.44. The first-order valence-electron chi connectivity index (χ1n) is 6.64. The van der Waals surface area contributed by atoms with Crippen LogP contribution in [0.2, 0.25) is 0 Å². The largest absolute Gasteiger partial charge is 0.359 e. The second kappa shape index (κ2) is 5.04. The Labute approximate surface area is 116 Å². The molecule has 2 fully saturated rings. The zero-order chi connectivity index (χ0) is 13.4. The third-order valence-corrected chi connectivity index (χ3v) is 4.45. The number of nitrogens with one attached hydrogen (secondary N) is 2. The van der Waals surface area contributed by atoms with Gasteiger partial charge in [0.2, 0.25) is 0 Å². The molecule has 1 aromatic rings. The minimum atomic E-state index is -0.628. The van der Waals surface area contributed by atoms with Crippen LogP contribution in [-0.2, 0) is 0 Å². The molecule has 2 bridgehead atoms.